The van der Waals surface area contributed by atoms with Crippen LogP contribution in [0.4, 0.5) is 42.5 Å². The van der Waals surface area contributed by atoms with Gasteiger partial charge in [-0.1, -0.05) is 12.1 Å². The molecule has 0 atom stereocenters. The fraction of sp³-hybridized carbons (Fsp3) is 0.536. The molecular formula is C28H34F6N4O2. The normalized spacial score (nSPS) is 22.2. The number of nitrogens with zero attached hydrogens (tertiary/aromatic N) is 2. The molecule has 2 amide bonds. The molecule has 220 valence electrons. The molecule has 0 bridgehead atoms. The average Bonchev–Trinajstić information content (AvgIpc) is 3.42. The number of halogens is 6. The Morgan fingerprint density at radius 1 is 0.975 bits per heavy atom. The smallest absolute Gasteiger partial charge is 0.388 e. The molecule has 1 saturated heterocycles. The number of hydrogen-bond acceptors (Lipinski definition) is 4. The van der Waals surface area contributed by atoms with Gasteiger partial charge in [0.1, 0.15) is 0 Å². The zero-order valence-electron chi connectivity index (χ0n) is 22.2. The first-order chi connectivity index (χ1) is 18.8. The topological polar surface area (TPSA) is 67.8 Å². The Kier molecular flexibility index (Phi) is 8.89. The van der Waals surface area contributed by atoms with Crippen LogP contribution in [0.15, 0.2) is 42.5 Å². The van der Waals surface area contributed by atoms with Crippen LogP contribution >= 0.6 is 0 Å². The van der Waals surface area contributed by atoms with E-state index in [4.69, 9.17) is 0 Å². The molecule has 2 aromatic carbocycles. The quantitative estimate of drug-likeness (QED) is 0.330. The van der Waals surface area contributed by atoms with E-state index in [0.29, 0.717) is 44.4 Å². The van der Waals surface area contributed by atoms with Gasteiger partial charge in [-0.3, -0.25) is 0 Å². The lowest BCUT2D eigenvalue weighted by molar-refractivity contribution is -0.143. The van der Waals surface area contributed by atoms with Crippen LogP contribution in [0.5, 0.6) is 0 Å². The van der Waals surface area contributed by atoms with E-state index in [-0.39, 0.29) is 18.7 Å². The van der Waals surface area contributed by atoms with Crippen LogP contribution in [0.1, 0.15) is 55.2 Å². The summed E-state index contributed by atoms with van der Waals surface area (Å²) in [4.78, 5) is 17.1. The summed E-state index contributed by atoms with van der Waals surface area (Å²) in [6.45, 7) is 2.53. The first-order valence-electron chi connectivity index (χ1n) is 13.4. The highest BCUT2D eigenvalue weighted by Crippen LogP contribution is 2.40. The minimum atomic E-state index is -5.02. The number of carbonyl (C=O) groups excluding carboxylic acids is 1. The molecule has 1 heterocycles. The van der Waals surface area contributed by atoms with Crippen molar-refractivity contribution >= 4 is 17.4 Å². The van der Waals surface area contributed by atoms with Gasteiger partial charge in [0.2, 0.25) is 0 Å². The molecule has 0 spiro atoms. The summed E-state index contributed by atoms with van der Waals surface area (Å²) < 4.78 is 80.1. The van der Waals surface area contributed by atoms with Crippen molar-refractivity contribution in [2.45, 2.75) is 62.5 Å². The zero-order valence-corrected chi connectivity index (χ0v) is 22.2. The van der Waals surface area contributed by atoms with Crippen molar-refractivity contribution in [2.75, 3.05) is 43.9 Å². The van der Waals surface area contributed by atoms with Gasteiger partial charge < -0.3 is 25.5 Å². The molecule has 40 heavy (non-hydrogen) atoms. The zero-order chi connectivity index (χ0) is 29.1. The molecule has 0 aromatic heterocycles. The van der Waals surface area contributed by atoms with Gasteiger partial charge in [0.25, 0.3) is 0 Å². The third-order valence-corrected chi connectivity index (χ3v) is 7.87. The lowest BCUT2D eigenvalue weighted by Gasteiger charge is -2.41. The van der Waals surface area contributed by atoms with Gasteiger partial charge in [-0.05, 0) is 87.5 Å². The summed E-state index contributed by atoms with van der Waals surface area (Å²) in [5.41, 5.74) is -3.08. The van der Waals surface area contributed by atoms with Gasteiger partial charge in [-0.2, -0.15) is 26.3 Å². The van der Waals surface area contributed by atoms with Crippen molar-refractivity contribution in [3.8, 4) is 0 Å². The van der Waals surface area contributed by atoms with E-state index >= 15 is 0 Å². The van der Waals surface area contributed by atoms with Crippen LogP contribution in [-0.2, 0) is 18.0 Å². The summed E-state index contributed by atoms with van der Waals surface area (Å²) in [5.74, 6) is 0. The van der Waals surface area contributed by atoms with Crippen molar-refractivity contribution in [1.82, 2.24) is 9.80 Å². The molecule has 4 rings (SSSR count). The van der Waals surface area contributed by atoms with E-state index in [0.717, 1.165) is 37.2 Å². The third kappa shape index (κ3) is 7.20. The molecule has 1 aliphatic heterocycles. The average molecular weight is 573 g/mol. The van der Waals surface area contributed by atoms with E-state index in [1.807, 2.05) is 24.3 Å². The van der Waals surface area contributed by atoms with Gasteiger partial charge >= 0.3 is 18.4 Å². The van der Waals surface area contributed by atoms with Gasteiger partial charge in [0, 0.05) is 37.6 Å². The van der Waals surface area contributed by atoms with E-state index in [9.17, 15) is 36.2 Å². The molecule has 1 aliphatic carbocycles. The fourth-order valence-electron chi connectivity index (χ4n) is 5.57. The highest BCUT2D eigenvalue weighted by Gasteiger charge is 2.39. The molecule has 1 saturated carbocycles. The highest BCUT2D eigenvalue weighted by atomic mass is 19.4. The SMILES string of the molecule is CNc1cccc(C2(O)CCC(N(CCN3CCCC3)C(=O)Nc3cc(C(F)(F)F)cc(C(F)(F)F)c3)CC2)c1. The third-order valence-electron chi connectivity index (χ3n) is 7.87. The second-order valence-corrected chi connectivity index (χ2v) is 10.6. The Morgan fingerprint density at radius 3 is 2.12 bits per heavy atom. The van der Waals surface area contributed by atoms with Crippen LogP contribution in [0, 0.1) is 0 Å². The van der Waals surface area contributed by atoms with Crippen LogP contribution in [0.25, 0.3) is 0 Å². The number of likely N-dealkylation sites (tertiary alicyclic amines) is 1. The number of amides is 2. The minimum Gasteiger partial charge on any atom is -0.388 e. The Hall–Kier alpha value is -2.99. The maximum absolute atomic E-state index is 13.4. The highest BCUT2D eigenvalue weighted by molar-refractivity contribution is 5.90. The summed E-state index contributed by atoms with van der Waals surface area (Å²) in [5, 5.41) is 16.7. The van der Waals surface area contributed by atoms with Crippen molar-refractivity contribution < 1.29 is 36.2 Å². The van der Waals surface area contributed by atoms with Gasteiger partial charge in [-0.25, -0.2) is 4.79 Å². The standard InChI is InChI=1S/C28H34F6N4O2/c1-35-22-6-4-5-19(16-22)26(40)9-7-24(8-10-26)38(14-13-37-11-2-3-12-37)25(39)36-23-17-20(27(29,30)31)15-21(18-23)28(32,33)34/h4-6,15-18,24,35,40H,2-3,7-14H2,1H3,(H,36,39). The fourth-order valence-corrected chi connectivity index (χ4v) is 5.57. The second kappa shape index (κ2) is 11.9. The molecule has 2 fully saturated rings. The van der Waals surface area contributed by atoms with Crippen LogP contribution < -0.4 is 10.6 Å². The first-order valence-corrected chi connectivity index (χ1v) is 13.4. The predicted octanol–water partition coefficient (Wildman–Crippen LogP) is 6.53. The van der Waals surface area contributed by atoms with E-state index in [1.165, 1.54) is 4.90 Å². The molecule has 0 unspecified atom stereocenters. The summed E-state index contributed by atoms with van der Waals surface area (Å²) in [7, 11) is 1.78. The molecule has 12 heteroatoms. The van der Waals surface area contributed by atoms with Gasteiger partial charge in [-0.15, -0.1) is 0 Å². The predicted molar refractivity (Wildman–Crippen MR) is 140 cm³/mol. The number of alkyl halides is 6. The Labute approximate surface area is 229 Å². The number of nitrogens with one attached hydrogen (secondary N) is 2. The molecule has 3 N–H and O–H groups in total. The Morgan fingerprint density at radius 2 is 1.57 bits per heavy atom. The van der Waals surface area contributed by atoms with Gasteiger partial charge in [0.15, 0.2) is 0 Å². The van der Waals surface area contributed by atoms with Crippen molar-refractivity contribution in [3.05, 3.63) is 59.2 Å². The second-order valence-electron chi connectivity index (χ2n) is 10.6. The number of anilines is 2. The molecule has 6 nitrogen and oxygen atoms in total. The van der Waals surface area contributed by atoms with Gasteiger partial charge in [0.05, 0.1) is 16.7 Å². The molecular weight excluding hydrogens is 538 g/mol. The number of benzene rings is 2. The maximum atomic E-state index is 13.4. The number of carbonyl (C=O) groups is 1. The Bertz CT molecular complexity index is 1140. The van der Waals surface area contributed by atoms with E-state index in [1.54, 1.807) is 7.05 Å². The van der Waals surface area contributed by atoms with Crippen molar-refractivity contribution in [1.29, 1.82) is 0 Å². The monoisotopic (exact) mass is 572 g/mol. The summed E-state index contributed by atoms with van der Waals surface area (Å²) >= 11 is 0. The number of rotatable bonds is 7. The lowest BCUT2D eigenvalue weighted by Crippen LogP contribution is -2.49. The van der Waals surface area contributed by atoms with Crippen LogP contribution in [0.3, 0.4) is 0 Å². The maximum Gasteiger partial charge on any atom is 0.416 e. The van der Waals surface area contributed by atoms with E-state index in [2.05, 4.69) is 15.5 Å². The Balaban J connectivity index is 1.54. The molecule has 2 aliphatic rings. The summed E-state index contributed by atoms with van der Waals surface area (Å²) in [6.07, 6.45) is -6.45. The lowest BCUT2D eigenvalue weighted by atomic mass is 9.77. The minimum absolute atomic E-state index is 0.0336. The number of aliphatic hydroxyl groups is 1. The summed E-state index contributed by atoms with van der Waals surface area (Å²) in [6, 6.07) is 7.37. The largest absolute Gasteiger partial charge is 0.416 e. The van der Waals surface area contributed by atoms with Crippen LogP contribution in [-0.4, -0.2) is 60.2 Å². The molecule has 0 radical (unpaired) electrons. The van der Waals surface area contributed by atoms with Crippen LogP contribution in [0.2, 0.25) is 0 Å². The molecule has 2 aromatic rings. The van der Waals surface area contributed by atoms with Crippen molar-refractivity contribution in [3.63, 3.8) is 0 Å². The first kappa shape index (κ1) is 30.0. The number of hydrogen-bond donors (Lipinski definition) is 3. The van der Waals surface area contributed by atoms with Crippen molar-refractivity contribution in [2.24, 2.45) is 0 Å². The van der Waals surface area contributed by atoms with E-state index < -0.39 is 40.8 Å². The number of urea groups is 1.